The van der Waals surface area contributed by atoms with Crippen LogP contribution in [-0.2, 0) is 9.59 Å². The Morgan fingerprint density at radius 1 is 1.41 bits per heavy atom. The second-order valence-electron chi connectivity index (χ2n) is 5.66. The predicted octanol–water partition coefficient (Wildman–Crippen LogP) is -0.163. The molecule has 1 rings (SSSR count). The van der Waals surface area contributed by atoms with Gasteiger partial charge in [0.25, 0.3) is 5.91 Å². The zero-order valence-electron chi connectivity index (χ0n) is 11.0. The zero-order valence-corrected chi connectivity index (χ0v) is 11.0. The van der Waals surface area contributed by atoms with Crippen LogP contribution in [0.25, 0.3) is 0 Å². The lowest BCUT2D eigenvalue weighted by Gasteiger charge is -2.41. The van der Waals surface area contributed by atoms with Crippen molar-refractivity contribution in [3.63, 3.8) is 0 Å². The van der Waals surface area contributed by atoms with E-state index in [0.717, 1.165) is 0 Å². The van der Waals surface area contributed by atoms with Crippen LogP contribution in [0.15, 0.2) is 4.99 Å². The fourth-order valence-electron chi connectivity index (χ4n) is 1.55. The predicted molar refractivity (Wildman–Crippen MR) is 65.3 cm³/mol. The molecule has 0 aromatic rings. The van der Waals surface area contributed by atoms with Crippen molar-refractivity contribution < 1.29 is 9.59 Å². The minimum atomic E-state index is -0.868. The Morgan fingerprint density at radius 3 is 2.41 bits per heavy atom. The van der Waals surface area contributed by atoms with Gasteiger partial charge in [-0.1, -0.05) is 0 Å². The third-order valence-electron chi connectivity index (χ3n) is 2.51. The van der Waals surface area contributed by atoms with Crippen LogP contribution in [0.2, 0.25) is 0 Å². The first-order chi connectivity index (χ1) is 7.54. The van der Waals surface area contributed by atoms with E-state index in [1.807, 2.05) is 20.8 Å². The average Bonchev–Trinajstić information content (AvgIpc) is 2.08. The lowest BCUT2D eigenvalue weighted by atomic mass is 9.99. The summed E-state index contributed by atoms with van der Waals surface area (Å²) in [6, 6.07) is 0. The average molecular weight is 240 g/mol. The van der Waals surface area contributed by atoms with Gasteiger partial charge in [-0.05, 0) is 34.6 Å². The van der Waals surface area contributed by atoms with Crippen molar-refractivity contribution >= 4 is 17.8 Å². The summed E-state index contributed by atoms with van der Waals surface area (Å²) in [6.45, 7) is 9.17. The van der Waals surface area contributed by atoms with Gasteiger partial charge in [0.05, 0.1) is 5.54 Å². The van der Waals surface area contributed by atoms with Crippen molar-refractivity contribution in [1.82, 2.24) is 10.2 Å². The zero-order chi connectivity index (χ0) is 13.4. The quantitative estimate of drug-likeness (QED) is 0.350. The Labute approximate surface area is 101 Å². The maximum atomic E-state index is 11.7. The van der Waals surface area contributed by atoms with Crippen molar-refractivity contribution in [1.29, 1.82) is 0 Å². The molecule has 0 aliphatic carbocycles. The van der Waals surface area contributed by atoms with Gasteiger partial charge in [-0.15, -0.1) is 0 Å². The van der Waals surface area contributed by atoms with E-state index in [1.54, 1.807) is 13.8 Å². The number of imide groups is 1. The summed E-state index contributed by atoms with van der Waals surface area (Å²) >= 11 is 0. The standard InChI is InChI=1S/C11H20N4O2/c1-10(2,3)14-9(12)15-6-7(16)13-8(17)11(15,4)5/h6H2,1-5H3,(H2,12,14)(H,13,16,17). The second-order valence-corrected chi connectivity index (χ2v) is 5.66. The first-order valence-corrected chi connectivity index (χ1v) is 5.51. The Hall–Kier alpha value is -1.59. The van der Waals surface area contributed by atoms with Crippen molar-refractivity contribution in [3.05, 3.63) is 0 Å². The maximum Gasteiger partial charge on any atom is 0.252 e. The fraction of sp³-hybridized carbons (Fsp3) is 0.727. The second kappa shape index (κ2) is 4.01. The van der Waals surface area contributed by atoms with E-state index in [9.17, 15) is 9.59 Å². The number of amides is 2. The van der Waals surface area contributed by atoms with E-state index in [1.165, 1.54) is 4.90 Å². The molecule has 1 heterocycles. The fourth-order valence-corrected chi connectivity index (χ4v) is 1.55. The molecule has 0 aromatic heterocycles. The first-order valence-electron chi connectivity index (χ1n) is 5.51. The number of aliphatic imine (C=N–C) groups is 1. The number of nitrogens with zero attached hydrogens (tertiary/aromatic N) is 2. The molecular weight excluding hydrogens is 220 g/mol. The van der Waals surface area contributed by atoms with E-state index >= 15 is 0 Å². The summed E-state index contributed by atoms with van der Waals surface area (Å²) in [5.41, 5.74) is 4.66. The molecule has 3 N–H and O–H groups in total. The minimum Gasteiger partial charge on any atom is -0.370 e. The van der Waals surface area contributed by atoms with E-state index in [0.29, 0.717) is 0 Å². The molecule has 0 bridgehead atoms. The van der Waals surface area contributed by atoms with E-state index in [4.69, 9.17) is 5.73 Å². The van der Waals surface area contributed by atoms with Crippen LogP contribution >= 0.6 is 0 Å². The third kappa shape index (κ3) is 2.95. The molecule has 1 fully saturated rings. The van der Waals surface area contributed by atoms with Crippen LogP contribution in [-0.4, -0.2) is 40.3 Å². The van der Waals surface area contributed by atoms with Gasteiger partial charge in [0.2, 0.25) is 5.91 Å². The minimum absolute atomic E-state index is 0.0458. The number of guanidine groups is 1. The van der Waals surface area contributed by atoms with Gasteiger partial charge in [0, 0.05) is 0 Å². The molecule has 96 valence electrons. The molecule has 0 radical (unpaired) electrons. The van der Waals surface area contributed by atoms with Crippen LogP contribution in [0.1, 0.15) is 34.6 Å². The number of piperazine rings is 1. The highest BCUT2D eigenvalue weighted by atomic mass is 16.2. The summed E-state index contributed by atoms with van der Waals surface area (Å²) in [6.07, 6.45) is 0. The van der Waals surface area contributed by atoms with Gasteiger partial charge in [-0.2, -0.15) is 0 Å². The number of hydrogen-bond acceptors (Lipinski definition) is 3. The topological polar surface area (TPSA) is 87.8 Å². The highest BCUT2D eigenvalue weighted by molar-refractivity contribution is 6.06. The Morgan fingerprint density at radius 2 is 1.94 bits per heavy atom. The van der Waals surface area contributed by atoms with Crippen LogP contribution in [0.4, 0.5) is 0 Å². The number of nitrogens with two attached hydrogens (primary N) is 1. The van der Waals surface area contributed by atoms with Crippen molar-refractivity contribution in [2.45, 2.75) is 45.7 Å². The monoisotopic (exact) mass is 240 g/mol. The third-order valence-corrected chi connectivity index (χ3v) is 2.51. The highest BCUT2D eigenvalue weighted by Gasteiger charge is 2.42. The number of carbonyl (C=O) groups is 2. The summed E-state index contributed by atoms with van der Waals surface area (Å²) in [7, 11) is 0. The summed E-state index contributed by atoms with van der Waals surface area (Å²) in [5, 5.41) is 2.29. The molecule has 6 heteroatoms. The maximum absolute atomic E-state index is 11.7. The van der Waals surface area contributed by atoms with Gasteiger partial charge in [-0.3, -0.25) is 14.9 Å². The van der Waals surface area contributed by atoms with E-state index in [-0.39, 0.29) is 29.9 Å². The molecule has 0 aromatic carbocycles. The molecule has 0 saturated carbocycles. The van der Waals surface area contributed by atoms with Gasteiger partial charge in [-0.25, -0.2) is 4.99 Å². The van der Waals surface area contributed by atoms with Gasteiger partial charge >= 0.3 is 0 Å². The van der Waals surface area contributed by atoms with Crippen molar-refractivity contribution in [3.8, 4) is 0 Å². The highest BCUT2D eigenvalue weighted by Crippen LogP contribution is 2.19. The number of rotatable bonds is 0. The van der Waals surface area contributed by atoms with Gasteiger partial charge in [0.1, 0.15) is 12.1 Å². The summed E-state index contributed by atoms with van der Waals surface area (Å²) < 4.78 is 0. The number of nitrogens with one attached hydrogen (secondary N) is 1. The van der Waals surface area contributed by atoms with Crippen LogP contribution < -0.4 is 11.1 Å². The Kier molecular flexibility index (Phi) is 3.18. The molecule has 17 heavy (non-hydrogen) atoms. The lowest BCUT2D eigenvalue weighted by molar-refractivity contribution is -0.141. The Balaban J connectivity index is 3.06. The molecule has 6 nitrogen and oxygen atoms in total. The van der Waals surface area contributed by atoms with Crippen molar-refractivity contribution in [2.75, 3.05) is 6.54 Å². The summed E-state index contributed by atoms with van der Waals surface area (Å²) in [4.78, 5) is 28.9. The molecule has 2 amide bonds. The molecule has 1 saturated heterocycles. The number of hydrogen-bond donors (Lipinski definition) is 2. The molecule has 0 spiro atoms. The molecule has 0 unspecified atom stereocenters. The number of carbonyl (C=O) groups excluding carboxylic acids is 2. The SMILES string of the molecule is CC(C)(C)N=C(N)N1CC(=O)NC(=O)C1(C)C. The summed E-state index contributed by atoms with van der Waals surface area (Å²) in [5.74, 6) is -0.507. The smallest absolute Gasteiger partial charge is 0.252 e. The van der Waals surface area contributed by atoms with Crippen molar-refractivity contribution in [2.24, 2.45) is 10.7 Å². The van der Waals surface area contributed by atoms with Crippen LogP contribution in [0.5, 0.6) is 0 Å². The lowest BCUT2D eigenvalue weighted by Crippen LogP contribution is -2.67. The largest absolute Gasteiger partial charge is 0.370 e. The van der Waals surface area contributed by atoms with Crippen LogP contribution in [0, 0.1) is 0 Å². The van der Waals surface area contributed by atoms with E-state index in [2.05, 4.69) is 10.3 Å². The van der Waals surface area contributed by atoms with Gasteiger partial charge < -0.3 is 10.6 Å². The molecule has 1 aliphatic heterocycles. The normalized spacial score (nSPS) is 21.5. The Bertz CT molecular complexity index is 379. The van der Waals surface area contributed by atoms with E-state index < -0.39 is 5.54 Å². The van der Waals surface area contributed by atoms with Gasteiger partial charge in [0.15, 0.2) is 5.96 Å². The molecule has 1 aliphatic rings. The first kappa shape index (κ1) is 13.5. The molecular formula is C11H20N4O2. The van der Waals surface area contributed by atoms with Crippen LogP contribution in [0.3, 0.4) is 0 Å². The molecule has 0 atom stereocenters.